The quantitative estimate of drug-likeness (QED) is 0.912. The summed E-state index contributed by atoms with van der Waals surface area (Å²) in [7, 11) is 0. The Morgan fingerprint density at radius 1 is 1.09 bits per heavy atom. The molecular weight excluding hydrogens is 284 g/mol. The first-order chi connectivity index (χ1) is 11.4. The van der Waals surface area contributed by atoms with E-state index in [4.69, 9.17) is 0 Å². The van der Waals surface area contributed by atoms with E-state index in [1.165, 1.54) is 57.8 Å². The summed E-state index contributed by atoms with van der Waals surface area (Å²) in [5, 5.41) is 3.53. The number of nitrogens with zero attached hydrogens (tertiary/aromatic N) is 3. The standard InChI is InChI=1S/C19H28N4/c1-2-6-21-15(3-1)11-23-10-14-4-5-16(23)12-22(9-14)13-19-17-7-20-8-18(17)19/h1-3,6,14,16-20H,4-5,7-13H2. The molecule has 4 atom stereocenters. The highest BCUT2D eigenvalue weighted by Gasteiger charge is 2.53. The van der Waals surface area contributed by atoms with Crippen LogP contribution in [0.1, 0.15) is 18.5 Å². The maximum absolute atomic E-state index is 4.54. The van der Waals surface area contributed by atoms with Crippen LogP contribution in [0.3, 0.4) is 0 Å². The van der Waals surface area contributed by atoms with Gasteiger partial charge in [0.1, 0.15) is 0 Å². The number of nitrogens with one attached hydrogen (secondary N) is 1. The Morgan fingerprint density at radius 2 is 2.00 bits per heavy atom. The van der Waals surface area contributed by atoms with Gasteiger partial charge >= 0.3 is 0 Å². The lowest BCUT2D eigenvalue weighted by Gasteiger charge is -2.35. The van der Waals surface area contributed by atoms with Crippen LogP contribution in [0.5, 0.6) is 0 Å². The molecule has 4 unspecified atom stereocenters. The van der Waals surface area contributed by atoms with Crippen molar-refractivity contribution < 1.29 is 0 Å². The number of fused-ring (bicyclic) bond motifs is 5. The fourth-order valence-corrected chi connectivity index (χ4v) is 5.43. The zero-order chi connectivity index (χ0) is 15.2. The van der Waals surface area contributed by atoms with Gasteiger partial charge in [0, 0.05) is 45.0 Å². The smallest absolute Gasteiger partial charge is 0.0544 e. The molecule has 0 aromatic carbocycles. The number of hydrogen-bond acceptors (Lipinski definition) is 4. The topological polar surface area (TPSA) is 31.4 Å². The second-order valence-corrected chi connectivity index (χ2v) is 8.22. The summed E-state index contributed by atoms with van der Waals surface area (Å²) in [5.41, 5.74) is 1.23. The average Bonchev–Trinajstić information content (AvgIpc) is 3.10. The molecule has 1 aliphatic carbocycles. The number of rotatable bonds is 4. The number of pyridine rings is 1. The van der Waals surface area contributed by atoms with Gasteiger partial charge in [-0.15, -0.1) is 0 Å². The second kappa shape index (κ2) is 5.83. The van der Waals surface area contributed by atoms with Crippen LogP contribution in [0.25, 0.3) is 0 Å². The van der Waals surface area contributed by atoms with Crippen LogP contribution in [0.2, 0.25) is 0 Å². The van der Waals surface area contributed by atoms with Gasteiger partial charge in [-0.1, -0.05) is 6.07 Å². The average molecular weight is 312 g/mol. The van der Waals surface area contributed by atoms with E-state index in [9.17, 15) is 0 Å². The molecule has 124 valence electrons. The summed E-state index contributed by atoms with van der Waals surface area (Å²) in [4.78, 5) is 10.1. The molecule has 4 saturated heterocycles. The van der Waals surface area contributed by atoms with Crippen molar-refractivity contribution >= 4 is 0 Å². The summed E-state index contributed by atoms with van der Waals surface area (Å²) in [5.74, 6) is 3.87. The normalized spacial score (nSPS) is 40.1. The van der Waals surface area contributed by atoms with Gasteiger partial charge in [0.15, 0.2) is 0 Å². The third-order valence-corrected chi connectivity index (χ3v) is 6.73. The largest absolute Gasteiger partial charge is 0.316 e. The Bertz CT molecular complexity index is 538. The number of hydrogen-bond donors (Lipinski definition) is 1. The van der Waals surface area contributed by atoms with Crippen molar-refractivity contribution in [2.75, 3.05) is 39.3 Å². The van der Waals surface area contributed by atoms with E-state index < -0.39 is 0 Å². The molecule has 1 aromatic rings. The van der Waals surface area contributed by atoms with Crippen LogP contribution in [0.4, 0.5) is 0 Å². The molecule has 1 saturated carbocycles. The van der Waals surface area contributed by atoms with Gasteiger partial charge in [0.25, 0.3) is 0 Å². The van der Waals surface area contributed by atoms with E-state index in [1.54, 1.807) is 0 Å². The fourth-order valence-electron chi connectivity index (χ4n) is 5.43. The number of piperidine rings is 2. The Balaban J connectivity index is 1.23. The van der Waals surface area contributed by atoms with Crippen molar-refractivity contribution in [3.05, 3.63) is 30.1 Å². The first-order valence-corrected chi connectivity index (χ1v) is 9.44. The first-order valence-electron chi connectivity index (χ1n) is 9.44. The summed E-state index contributed by atoms with van der Waals surface area (Å²) in [6.07, 6.45) is 4.74. The van der Waals surface area contributed by atoms with Crippen molar-refractivity contribution in [2.45, 2.75) is 25.4 Å². The van der Waals surface area contributed by atoms with Crippen LogP contribution >= 0.6 is 0 Å². The molecule has 5 fully saturated rings. The molecule has 2 bridgehead atoms. The summed E-state index contributed by atoms with van der Waals surface area (Å²) in [6.45, 7) is 8.85. The Kier molecular flexibility index (Phi) is 3.65. The Morgan fingerprint density at radius 3 is 2.83 bits per heavy atom. The summed E-state index contributed by atoms with van der Waals surface area (Å²) in [6, 6.07) is 7.05. The fraction of sp³-hybridized carbons (Fsp3) is 0.737. The molecule has 4 heteroatoms. The van der Waals surface area contributed by atoms with Crippen molar-refractivity contribution in [3.63, 3.8) is 0 Å². The number of aromatic nitrogens is 1. The zero-order valence-electron chi connectivity index (χ0n) is 13.9. The van der Waals surface area contributed by atoms with Crippen molar-refractivity contribution in [1.82, 2.24) is 20.1 Å². The van der Waals surface area contributed by atoms with Crippen molar-refractivity contribution in [1.29, 1.82) is 0 Å². The van der Waals surface area contributed by atoms with E-state index in [1.807, 2.05) is 12.3 Å². The lowest BCUT2D eigenvalue weighted by atomic mass is 9.95. The second-order valence-electron chi connectivity index (χ2n) is 8.22. The Labute approximate surface area is 139 Å². The first kappa shape index (κ1) is 14.4. The highest BCUT2D eigenvalue weighted by molar-refractivity contribution is 5.07. The molecule has 6 rings (SSSR count). The SMILES string of the molecule is c1ccc(CN2CC3CCC2CN(CC2C4CNCC42)C3)nc1. The summed E-state index contributed by atoms with van der Waals surface area (Å²) >= 11 is 0. The predicted molar refractivity (Wildman–Crippen MR) is 90.9 cm³/mol. The minimum absolute atomic E-state index is 0.743. The minimum Gasteiger partial charge on any atom is -0.316 e. The van der Waals surface area contributed by atoms with Gasteiger partial charge in [0.2, 0.25) is 0 Å². The highest BCUT2D eigenvalue weighted by Crippen LogP contribution is 2.49. The van der Waals surface area contributed by atoms with E-state index in [0.29, 0.717) is 0 Å². The maximum Gasteiger partial charge on any atom is 0.0544 e. The molecule has 0 amide bonds. The van der Waals surface area contributed by atoms with Crippen LogP contribution in [0.15, 0.2) is 24.4 Å². The summed E-state index contributed by atoms with van der Waals surface area (Å²) < 4.78 is 0. The molecule has 0 radical (unpaired) electrons. The van der Waals surface area contributed by atoms with Gasteiger partial charge in [-0.3, -0.25) is 9.88 Å². The van der Waals surface area contributed by atoms with Crippen LogP contribution in [-0.4, -0.2) is 60.1 Å². The van der Waals surface area contributed by atoms with Crippen molar-refractivity contribution in [3.8, 4) is 0 Å². The molecule has 5 aliphatic rings. The van der Waals surface area contributed by atoms with Crippen LogP contribution in [0, 0.1) is 23.7 Å². The lowest BCUT2D eigenvalue weighted by molar-refractivity contribution is 0.121. The monoisotopic (exact) mass is 312 g/mol. The molecule has 1 N–H and O–H groups in total. The third-order valence-electron chi connectivity index (χ3n) is 6.73. The Hall–Kier alpha value is -0.970. The van der Waals surface area contributed by atoms with E-state index in [-0.39, 0.29) is 0 Å². The van der Waals surface area contributed by atoms with Crippen LogP contribution < -0.4 is 5.32 Å². The molecular formula is C19H28N4. The van der Waals surface area contributed by atoms with Gasteiger partial charge in [0.05, 0.1) is 5.69 Å². The highest BCUT2D eigenvalue weighted by atomic mass is 15.3. The van der Waals surface area contributed by atoms with E-state index in [2.05, 4.69) is 32.2 Å². The molecule has 1 aromatic heterocycles. The van der Waals surface area contributed by atoms with E-state index >= 15 is 0 Å². The predicted octanol–water partition coefficient (Wildman–Crippen LogP) is 1.44. The molecule has 4 aliphatic heterocycles. The van der Waals surface area contributed by atoms with Gasteiger partial charge in [-0.05, 0) is 61.7 Å². The van der Waals surface area contributed by atoms with Gasteiger partial charge in [-0.2, -0.15) is 0 Å². The van der Waals surface area contributed by atoms with Crippen LogP contribution in [-0.2, 0) is 6.54 Å². The zero-order valence-corrected chi connectivity index (χ0v) is 13.9. The lowest BCUT2D eigenvalue weighted by Crippen LogP contribution is -2.43. The molecule has 5 heterocycles. The third kappa shape index (κ3) is 2.81. The van der Waals surface area contributed by atoms with E-state index in [0.717, 1.165) is 36.3 Å². The van der Waals surface area contributed by atoms with Crippen molar-refractivity contribution in [2.24, 2.45) is 23.7 Å². The molecule has 23 heavy (non-hydrogen) atoms. The van der Waals surface area contributed by atoms with Gasteiger partial charge < -0.3 is 10.2 Å². The minimum atomic E-state index is 0.743. The maximum atomic E-state index is 4.54. The van der Waals surface area contributed by atoms with Gasteiger partial charge in [-0.25, -0.2) is 0 Å². The molecule has 0 spiro atoms. The molecule has 4 nitrogen and oxygen atoms in total.